The molecule has 0 fully saturated rings. The summed E-state index contributed by atoms with van der Waals surface area (Å²) in [6, 6.07) is 4.86. The van der Waals surface area contributed by atoms with Gasteiger partial charge in [-0.05, 0) is 28.1 Å². The summed E-state index contributed by atoms with van der Waals surface area (Å²) in [5, 5.41) is 1.31. The van der Waals surface area contributed by atoms with E-state index in [0.717, 1.165) is 5.39 Å². The van der Waals surface area contributed by atoms with E-state index in [1.54, 1.807) is 12.1 Å². The summed E-state index contributed by atoms with van der Waals surface area (Å²) in [4.78, 5) is 3.93. The third kappa shape index (κ3) is 1.54. The van der Waals surface area contributed by atoms with Gasteiger partial charge in [0, 0.05) is 5.39 Å². The van der Waals surface area contributed by atoms with Crippen LogP contribution in [0.25, 0.3) is 10.9 Å². The number of fused-ring (bicyclic) bond motifs is 1. The first kappa shape index (κ1) is 8.91. The number of halogens is 3. The summed E-state index contributed by atoms with van der Waals surface area (Å²) in [6.45, 7) is 0. The topological polar surface area (TPSA) is 12.9 Å². The van der Waals surface area contributed by atoms with Crippen LogP contribution < -0.4 is 0 Å². The Morgan fingerprint density at radius 1 is 1.38 bits per heavy atom. The zero-order chi connectivity index (χ0) is 9.42. The third-order valence-electron chi connectivity index (χ3n) is 1.71. The second-order valence-corrected chi connectivity index (χ2v) is 3.79. The molecule has 13 heavy (non-hydrogen) atoms. The summed E-state index contributed by atoms with van der Waals surface area (Å²) in [5.41, 5.74) is 0.675. The Bertz CT molecular complexity index is 472. The lowest BCUT2D eigenvalue weighted by molar-refractivity contribution is 0.624. The van der Waals surface area contributed by atoms with Crippen LogP contribution in [0.3, 0.4) is 0 Å². The quantitative estimate of drug-likeness (QED) is 0.702. The molecular weight excluding hydrogens is 256 g/mol. The standard InChI is InChI=1S/C9H4BrClFN/c10-8-7(11)2-1-5-3-6(12)4-13-9(5)8/h1-4H. The van der Waals surface area contributed by atoms with Crippen LogP contribution in [0, 0.1) is 5.82 Å². The number of hydrogen-bond donors (Lipinski definition) is 0. The predicted molar refractivity (Wildman–Crippen MR) is 54.4 cm³/mol. The zero-order valence-corrected chi connectivity index (χ0v) is 8.73. The van der Waals surface area contributed by atoms with Crippen LogP contribution >= 0.6 is 27.5 Å². The van der Waals surface area contributed by atoms with Gasteiger partial charge in [-0.3, -0.25) is 4.98 Å². The van der Waals surface area contributed by atoms with Gasteiger partial charge in [0.25, 0.3) is 0 Å². The first-order valence-electron chi connectivity index (χ1n) is 3.58. The largest absolute Gasteiger partial charge is 0.252 e. The Balaban J connectivity index is 2.87. The zero-order valence-electron chi connectivity index (χ0n) is 6.39. The van der Waals surface area contributed by atoms with Crippen molar-refractivity contribution in [3.8, 4) is 0 Å². The van der Waals surface area contributed by atoms with Gasteiger partial charge < -0.3 is 0 Å². The second-order valence-electron chi connectivity index (χ2n) is 2.59. The number of rotatable bonds is 0. The lowest BCUT2D eigenvalue weighted by atomic mass is 10.2. The molecule has 0 aliphatic carbocycles. The lowest BCUT2D eigenvalue weighted by Gasteiger charge is -2.00. The molecule has 1 aromatic heterocycles. The Morgan fingerprint density at radius 3 is 2.92 bits per heavy atom. The van der Waals surface area contributed by atoms with Crippen molar-refractivity contribution < 1.29 is 4.39 Å². The van der Waals surface area contributed by atoms with E-state index < -0.39 is 0 Å². The van der Waals surface area contributed by atoms with Gasteiger partial charge in [0.2, 0.25) is 0 Å². The van der Waals surface area contributed by atoms with Crippen molar-refractivity contribution in [1.29, 1.82) is 0 Å². The highest BCUT2D eigenvalue weighted by atomic mass is 79.9. The smallest absolute Gasteiger partial charge is 0.142 e. The molecule has 2 rings (SSSR count). The number of benzene rings is 1. The molecule has 0 amide bonds. The first-order chi connectivity index (χ1) is 6.18. The molecule has 0 spiro atoms. The molecule has 66 valence electrons. The molecule has 0 saturated heterocycles. The molecule has 4 heteroatoms. The monoisotopic (exact) mass is 259 g/mol. The van der Waals surface area contributed by atoms with Crippen LogP contribution in [0.4, 0.5) is 4.39 Å². The van der Waals surface area contributed by atoms with Gasteiger partial charge in [0.1, 0.15) is 5.82 Å². The first-order valence-corrected chi connectivity index (χ1v) is 4.75. The average Bonchev–Trinajstić information content (AvgIpc) is 2.12. The number of nitrogens with zero attached hydrogens (tertiary/aromatic N) is 1. The van der Waals surface area contributed by atoms with Crippen molar-refractivity contribution in [2.75, 3.05) is 0 Å². The molecule has 0 unspecified atom stereocenters. The predicted octanol–water partition coefficient (Wildman–Crippen LogP) is 3.79. The highest BCUT2D eigenvalue weighted by molar-refractivity contribution is 9.10. The summed E-state index contributed by atoms with van der Waals surface area (Å²) >= 11 is 9.14. The van der Waals surface area contributed by atoms with E-state index in [4.69, 9.17) is 11.6 Å². The lowest BCUT2D eigenvalue weighted by Crippen LogP contribution is -1.83. The van der Waals surface area contributed by atoms with Crippen molar-refractivity contribution in [3.63, 3.8) is 0 Å². The normalized spacial score (nSPS) is 10.7. The minimum absolute atomic E-state index is 0.346. The summed E-state index contributed by atoms with van der Waals surface area (Å²) in [7, 11) is 0. The van der Waals surface area contributed by atoms with E-state index >= 15 is 0 Å². The van der Waals surface area contributed by atoms with Crippen LogP contribution in [-0.4, -0.2) is 4.98 Å². The maximum Gasteiger partial charge on any atom is 0.142 e. The fourth-order valence-corrected chi connectivity index (χ4v) is 1.73. The van der Waals surface area contributed by atoms with Crippen LogP contribution in [-0.2, 0) is 0 Å². The molecule has 0 atom stereocenters. The van der Waals surface area contributed by atoms with Crippen LogP contribution in [0.2, 0.25) is 5.02 Å². The number of aromatic nitrogens is 1. The molecule has 1 nitrogen and oxygen atoms in total. The third-order valence-corrected chi connectivity index (χ3v) is 3.06. The van der Waals surface area contributed by atoms with Crippen molar-refractivity contribution in [3.05, 3.63) is 39.7 Å². The van der Waals surface area contributed by atoms with Gasteiger partial charge >= 0.3 is 0 Å². The van der Waals surface area contributed by atoms with Crippen molar-refractivity contribution in [2.24, 2.45) is 0 Å². The van der Waals surface area contributed by atoms with Gasteiger partial charge in [0.15, 0.2) is 0 Å². The van der Waals surface area contributed by atoms with Crippen LogP contribution in [0.1, 0.15) is 0 Å². The Kier molecular flexibility index (Phi) is 2.22. The molecule has 0 saturated carbocycles. The Hall–Kier alpha value is -0.670. The van der Waals surface area contributed by atoms with Crippen LogP contribution in [0.5, 0.6) is 0 Å². The molecule has 1 heterocycles. The summed E-state index contributed by atoms with van der Waals surface area (Å²) < 4.78 is 13.5. The molecule has 2 aromatic rings. The second kappa shape index (κ2) is 3.24. The van der Waals surface area contributed by atoms with Crippen molar-refractivity contribution in [2.45, 2.75) is 0 Å². The molecule has 1 aromatic carbocycles. The Labute approximate surface area is 87.7 Å². The Morgan fingerprint density at radius 2 is 2.15 bits per heavy atom. The van der Waals surface area contributed by atoms with Gasteiger partial charge in [-0.15, -0.1) is 0 Å². The van der Waals surface area contributed by atoms with Gasteiger partial charge in [-0.2, -0.15) is 0 Å². The van der Waals surface area contributed by atoms with E-state index in [1.807, 2.05) is 0 Å². The van der Waals surface area contributed by atoms with E-state index in [0.29, 0.717) is 15.0 Å². The van der Waals surface area contributed by atoms with E-state index in [9.17, 15) is 4.39 Å². The average molecular weight is 260 g/mol. The maximum absolute atomic E-state index is 12.8. The van der Waals surface area contributed by atoms with E-state index in [2.05, 4.69) is 20.9 Å². The highest BCUT2D eigenvalue weighted by Gasteiger charge is 2.04. The molecule has 0 N–H and O–H groups in total. The molecular formula is C9H4BrClFN. The SMILES string of the molecule is Fc1cnc2c(Br)c(Cl)ccc2c1. The van der Waals surface area contributed by atoms with E-state index in [-0.39, 0.29) is 5.82 Å². The molecule has 0 bridgehead atoms. The highest BCUT2D eigenvalue weighted by Crippen LogP contribution is 2.29. The maximum atomic E-state index is 12.8. The minimum atomic E-state index is -0.346. The molecule has 0 radical (unpaired) electrons. The number of pyridine rings is 1. The van der Waals surface area contributed by atoms with Crippen molar-refractivity contribution >= 4 is 38.4 Å². The molecule has 0 aliphatic rings. The van der Waals surface area contributed by atoms with Crippen molar-refractivity contribution in [1.82, 2.24) is 4.98 Å². The minimum Gasteiger partial charge on any atom is -0.252 e. The molecule has 0 aliphatic heterocycles. The summed E-state index contributed by atoms with van der Waals surface area (Å²) in [6.07, 6.45) is 1.17. The number of hydrogen-bond acceptors (Lipinski definition) is 1. The fourth-order valence-electron chi connectivity index (χ4n) is 1.11. The van der Waals surface area contributed by atoms with Gasteiger partial charge in [-0.1, -0.05) is 17.7 Å². The van der Waals surface area contributed by atoms with Gasteiger partial charge in [-0.25, -0.2) is 4.39 Å². The van der Waals surface area contributed by atoms with E-state index in [1.165, 1.54) is 12.3 Å². The van der Waals surface area contributed by atoms with Crippen LogP contribution in [0.15, 0.2) is 28.9 Å². The summed E-state index contributed by atoms with van der Waals surface area (Å²) in [5.74, 6) is -0.346. The fraction of sp³-hybridized carbons (Fsp3) is 0. The van der Waals surface area contributed by atoms with Gasteiger partial charge in [0.05, 0.1) is 21.2 Å².